The van der Waals surface area contributed by atoms with Gasteiger partial charge in [-0.2, -0.15) is 0 Å². The normalized spacial score (nSPS) is 10.4. The first-order chi connectivity index (χ1) is 7.27. The fourth-order valence-electron chi connectivity index (χ4n) is 1.63. The standard InChI is InChI=1S/C12H12N2O/c13-11(15)7-6-10-4-1-3-9-5-2-8-14-12(9)10/h1-5,8H,6-7H2,(H2,13,15). The van der Waals surface area contributed by atoms with E-state index in [-0.39, 0.29) is 5.91 Å². The van der Waals surface area contributed by atoms with Crippen LogP contribution in [0, 0.1) is 0 Å². The van der Waals surface area contributed by atoms with Crippen molar-refractivity contribution < 1.29 is 4.79 Å². The number of rotatable bonds is 3. The van der Waals surface area contributed by atoms with Crippen molar-refractivity contribution >= 4 is 16.8 Å². The third-order valence-electron chi connectivity index (χ3n) is 2.36. The highest BCUT2D eigenvalue weighted by molar-refractivity contribution is 5.82. The maximum atomic E-state index is 10.7. The van der Waals surface area contributed by atoms with E-state index in [4.69, 9.17) is 5.73 Å². The Balaban J connectivity index is 2.38. The van der Waals surface area contributed by atoms with E-state index in [1.807, 2.05) is 30.3 Å². The van der Waals surface area contributed by atoms with Gasteiger partial charge in [0.2, 0.25) is 5.91 Å². The van der Waals surface area contributed by atoms with Crippen LogP contribution in [-0.2, 0) is 11.2 Å². The summed E-state index contributed by atoms with van der Waals surface area (Å²) < 4.78 is 0. The minimum absolute atomic E-state index is 0.275. The lowest BCUT2D eigenvalue weighted by atomic mass is 10.1. The molecule has 2 rings (SSSR count). The second kappa shape index (κ2) is 4.09. The predicted molar refractivity (Wildman–Crippen MR) is 59.3 cm³/mol. The Morgan fingerprint density at radius 1 is 1.27 bits per heavy atom. The molecule has 76 valence electrons. The first-order valence-corrected chi connectivity index (χ1v) is 4.88. The molecule has 1 aromatic heterocycles. The SMILES string of the molecule is NC(=O)CCc1cccc2cccnc12. The van der Waals surface area contributed by atoms with Crippen molar-refractivity contribution in [1.82, 2.24) is 4.98 Å². The van der Waals surface area contributed by atoms with Crippen molar-refractivity contribution in [3.8, 4) is 0 Å². The summed E-state index contributed by atoms with van der Waals surface area (Å²) >= 11 is 0. The number of aromatic nitrogens is 1. The topological polar surface area (TPSA) is 56.0 Å². The number of nitrogens with two attached hydrogens (primary N) is 1. The predicted octanol–water partition coefficient (Wildman–Crippen LogP) is 1.65. The van der Waals surface area contributed by atoms with E-state index < -0.39 is 0 Å². The molecule has 3 heteroatoms. The summed E-state index contributed by atoms with van der Waals surface area (Å²) in [5.41, 5.74) is 7.16. The van der Waals surface area contributed by atoms with Crippen LogP contribution in [0.4, 0.5) is 0 Å². The van der Waals surface area contributed by atoms with Gasteiger partial charge in [0.25, 0.3) is 0 Å². The van der Waals surface area contributed by atoms with Crippen LogP contribution in [0.1, 0.15) is 12.0 Å². The van der Waals surface area contributed by atoms with Gasteiger partial charge in [-0.3, -0.25) is 9.78 Å². The number of benzene rings is 1. The van der Waals surface area contributed by atoms with E-state index in [0.717, 1.165) is 16.5 Å². The molecule has 0 aliphatic rings. The number of carbonyl (C=O) groups excluding carboxylic acids is 1. The molecule has 0 spiro atoms. The zero-order valence-electron chi connectivity index (χ0n) is 8.31. The van der Waals surface area contributed by atoms with Gasteiger partial charge < -0.3 is 5.73 Å². The fourth-order valence-corrected chi connectivity index (χ4v) is 1.63. The van der Waals surface area contributed by atoms with E-state index in [1.54, 1.807) is 6.20 Å². The summed E-state index contributed by atoms with van der Waals surface area (Å²) in [5.74, 6) is -0.275. The van der Waals surface area contributed by atoms with Gasteiger partial charge in [-0.15, -0.1) is 0 Å². The molecule has 0 radical (unpaired) electrons. The highest BCUT2D eigenvalue weighted by Gasteiger charge is 2.02. The maximum Gasteiger partial charge on any atom is 0.217 e. The van der Waals surface area contributed by atoms with Crippen molar-refractivity contribution in [1.29, 1.82) is 0 Å². The molecule has 0 unspecified atom stereocenters. The zero-order chi connectivity index (χ0) is 10.7. The van der Waals surface area contributed by atoms with E-state index in [2.05, 4.69) is 4.98 Å². The zero-order valence-corrected chi connectivity index (χ0v) is 8.31. The smallest absolute Gasteiger partial charge is 0.217 e. The van der Waals surface area contributed by atoms with Crippen LogP contribution in [0.2, 0.25) is 0 Å². The molecule has 0 saturated carbocycles. The lowest BCUT2D eigenvalue weighted by Crippen LogP contribution is -2.11. The molecule has 3 nitrogen and oxygen atoms in total. The summed E-state index contributed by atoms with van der Waals surface area (Å²) in [6, 6.07) is 9.88. The molecular weight excluding hydrogens is 188 g/mol. The number of pyridine rings is 1. The fraction of sp³-hybridized carbons (Fsp3) is 0.167. The average molecular weight is 200 g/mol. The molecule has 1 aromatic carbocycles. The van der Waals surface area contributed by atoms with E-state index in [1.165, 1.54) is 0 Å². The van der Waals surface area contributed by atoms with Gasteiger partial charge in [0.15, 0.2) is 0 Å². The van der Waals surface area contributed by atoms with Crippen molar-refractivity contribution in [3.05, 3.63) is 42.1 Å². The molecular formula is C12H12N2O. The van der Waals surface area contributed by atoms with Gasteiger partial charge >= 0.3 is 0 Å². The first kappa shape index (κ1) is 9.65. The quantitative estimate of drug-likeness (QED) is 0.819. The van der Waals surface area contributed by atoms with E-state index >= 15 is 0 Å². The van der Waals surface area contributed by atoms with Crippen LogP contribution < -0.4 is 5.73 Å². The molecule has 0 bridgehead atoms. The largest absolute Gasteiger partial charge is 0.370 e. The van der Waals surface area contributed by atoms with Gasteiger partial charge in [0, 0.05) is 18.0 Å². The van der Waals surface area contributed by atoms with Crippen molar-refractivity contribution in [2.45, 2.75) is 12.8 Å². The monoisotopic (exact) mass is 200 g/mol. The van der Waals surface area contributed by atoms with Crippen LogP contribution in [0.15, 0.2) is 36.5 Å². The second-order valence-corrected chi connectivity index (χ2v) is 3.46. The van der Waals surface area contributed by atoms with Gasteiger partial charge in [0.05, 0.1) is 5.52 Å². The number of carbonyl (C=O) groups is 1. The minimum Gasteiger partial charge on any atom is -0.370 e. The van der Waals surface area contributed by atoms with Gasteiger partial charge in [-0.1, -0.05) is 24.3 Å². The van der Waals surface area contributed by atoms with Crippen molar-refractivity contribution in [2.24, 2.45) is 5.73 Å². The molecule has 0 aliphatic carbocycles. The van der Waals surface area contributed by atoms with Crippen LogP contribution in [0.3, 0.4) is 0 Å². The summed E-state index contributed by atoms with van der Waals surface area (Å²) in [7, 11) is 0. The minimum atomic E-state index is -0.275. The molecule has 1 heterocycles. The van der Waals surface area contributed by atoms with Crippen LogP contribution in [0.5, 0.6) is 0 Å². The molecule has 2 aromatic rings. The second-order valence-electron chi connectivity index (χ2n) is 3.46. The third-order valence-corrected chi connectivity index (χ3v) is 2.36. The van der Waals surface area contributed by atoms with Gasteiger partial charge in [-0.25, -0.2) is 0 Å². The molecule has 2 N–H and O–H groups in total. The lowest BCUT2D eigenvalue weighted by molar-refractivity contribution is -0.117. The summed E-state index contributed by atoms with van der Waals surface area (Å²) in [5, 5.41) is 1.10. The number of amides is 1. The van der Waals surface area contributed by atoms with E-state index in [0.29, 0.717) is 12.8 Å². The number of aryl methyl sites for hydroxylation is 1. The van der Waals surface area contributed by atoms with Gasteiger partial charge in [-0.05, 0) is 18.1 Å². The van der Waals surface area contributed by atoms with Crippen LogP contribution >= 0.6 is 0 Å². The highest BCUT2D eigenvalue weighted by Crippen LogP contribution is 2.16. The third kappa shape index (κ3) is 2.13. The Bertz CT molecular complexity index is 488. The average Bonchev–Trinajstić information content (AvgIpc) is 2.26. The molecule has 1 amide bonds. The lowest BCUT2D eigenvalue weighted by Gasteiger charge is -2.03. The highest BCUT2D eigenvalue weighted by atomic mass is 16.1. The Morgan fingerprint density at radius 2 is 2.07 bits per heavy atom. The number of hydrogen-bond donors (Lipinski definition) is 1. The summed E-state index contributed by atoms with van der Waals surface area (Å²) in [6.07, 6.45) is 2.79. The Hall–Kier alpha value is -1.90. The van der Waals surface area contributed by atoms with Crippen molar-refractivity contribution in [3.63, 3.8) is 0 Å². The Labute approximate surface area is 87.9 Å². The summed E-state index contributed by atoms with van der Waals surface area (Å²) in [6.45, 7) is 0. The summed E-state index contributed by atoms with van der Waals surface area (Å²) in [4.78, 5) is 15.0. The number of nitrogens with zero attached hydrogens (tertiary/aromatic N) is 1. The van der Waals surface area contributed by atoms with Gasteiger partial charge in [0.1, 0.15) is 0 Å². The first-order valence-electron chi connectivity index (χ1n) is 4.88. The number of hydrogen-bond acceptors (Lipinski definition) is 2. The molecule has 15 heavy (non-hydrogen) atoms. The number of fused-ring (bicyclic) bond motifs is 1. The van der Waals surface area contributed by atoms with Crippen LogP contribution in [0.25, 0.3) is 10.9 Å². The van der Waals surface area contributed by atoms with E-state index in [9.17, 15) is 4.79 Å². The number of primary amides is 1. The molecule has 0 saturated heterocycles. The van der Waals surface area contributed by atoms with Crippen LogP contribution in [-0.4, -0.2) is 10.9 Å². The number of para-hydroxylation sites is 1. The van der Waals surface area contributed by atoms with Crippen molar-refractivity contribution in [2.75, 3.05) is 0 Å². The molecule has 0 aliphatic heterocycles. The Kier molecular flexibility index (Phi) is 2.63. The Morgan fingerprint density at radius 3 is 2.87 bits per heavy atom. The molecule has 0 fully saturated rings. The maximum absolute atomic E-state index is 10.7. The molecule has 0 atom stereocenters.